The fourth-order valence-corrected chi connectivity index (χ4v) is 2.73. The van der Waals surface area contributed by atoms with Gasteiger partial charge in [-0.25, -0.2) is 0 Å². The van der Waals surface area contributed by atoms with Crippen molar-refractivity contribution in [1.29, 1.82) is 0 Å². The first-order chi connectivity index (χ1) is 5.88. The van der Waals surface area contributed by atoms with E-state index in [1.807, 2.05) is 0 Å². The molecule has 0 unspecified atom stereocenters. The number of hydrogen-bond donors (Lipinski definition) is 1. The normalized spacial score (nSPS) is 38.8. The van der Waals surface area contributed by atoms with E-state index in [4.69, 9.17) is 0 Å². The second-order valence-corrected chi connectivity index (χ2v) is 4.56. The maximum atomic E-state index is 9.88. The molecule has 1 N–H and O–H groups in total. The van der Waals surface area contributed by atoms with E-state index < -0.39 is 0 Å². The molecule has 12 heavy (non-hydrogen) atoms. The second-order valence-electron chi connectivity index (χ2n) is 4.56. The highest BCUT2D eigenvalue weighted by molar-refractivity contribution is 4.83. The van der Waals surface area contributed by atoms with Crippen molar-refractivity contribution < 1.29 is 5.11 Å². The van der Waals surface area contributed by atoms with E-state index in [2.05, 4.69) is 0 Å². The molecular formula is C11H20O. The molecule has 1 heteroatoms. The summed E-state index contributed by atoms with van der Waals surface area (Å²) in [6.45, 7) is 0. The summed E-state index contributed by atoms with van der Waals surface area (Å²) in [4.78, 5) is 0. The molecule has 0 heterocycles. The number of aliphatic hydroxyl groups excluding tert-OH is 1. The Balaban J connectivity index is 1.90. The summed E-state index contributed by atoms with van der Waals surface area (Å²) in [6, 6.07) is 0. The predicted octanol–water partition coefficient (Wildman–Crippen LogP) is 2.73. The van der Waals surface area contributed by atoms with Crippen molar-refractivity contribution in [2.75, 3.05) is 0 Å². The van der Waals surface area contributed by atoms with E-state index in [9.17, 15) is 5.11 Å². The number of rotatable bonds is 1. The van der Waals surface area contributed by atoms with Crippen LogP contribution in [0.5, 0.6) is 0 Å². The molecule has 2 atom stereocenters. The van der Waals surface area contributed by atoms with Crippen LogP contribution in [-0.2, 0) is 0 Å². The van der Waals surface area contributed by atoms with E-state index >= 15 is 0 Å². The molecule has 1 nitrogen and oxygen atoms in total. The quantitative estimate of drug-likeness (QED) is 0.597. The molecule has 0 radical (unpaired) electrons. The average Bonchev–Trinajstić information content (AvgIpc) is 2.13. The first-order valence-corrected chi connectivity index (χ1v) is 5.56. The van der Waals surface area contributed by atoms with Crippen molar-refractivity contribution in [2.45, 2.75) is 57.5 Å². The molecule has 2 saturated carbocycles. The maximum absolute atomic E-state index is 9.88. The summed E-state index contributed by atoms with van der Waals surface area (Å²) in [5, 5.41) is 9.88. The van der Waals surface area contributed by atoms with Crippen LogP contribution in [0, 0.1) is 11.8 Å². The Morgan fingerprint density at radius 3 is 2.17 bits per heavy atom. The molecule has 2 fully saturated rings. The van der Waals surface area contributed by atoms with Gasteiger partial charge in [-0.1, -0.05) is 38.5 Å². The summed E-state index contributed by atoms with van der Waals surface area (Å²) in [7, 11) is 0. The molecule has 0 aliphatic heterocycles. The summed E-state index contributed by atoms with van der Waals surface area (Å²) in [5.74, 6) is 1.55. The van der Waals surface area contributed by atoms with Gasteiger partial charge < -0.3 is 5.11 Å². The van der Waals surface area contributed by atoms with Gasteiger partial charge in [0, 0.05) is 0 Å². The molecular weight excluding hydrogens is 148 g/mol. The fourth-order valence-electron chi connectivity index (χ4n) is 2.73. The van der Waals surface area contributed by atoms with Gasteiger partial charge in [0.05, 0.1) is 6.10 Å². The highest BCUT2D eigenvalue weighted by atomic mass is 16.3. The molecule has 0 bridgehead atoms. The van der Waals surface area contributed by atoms with Crippen LogP contribution in [0.4, 0.5) is 0 Å². The average molecular weight is 168 g/mol. The van der Waals surface area contributed by atoms with Crippen molar-refractivity contribution in [3.8, 4) is 0 Å². The molecule has 0 saturated heterocycles. The van der Waals surface area contributed by atoms with Gasteiger partial charge in [-0.2, -0.15) is 0 Å². The van der Waals surface area contributed by atoms with Gasteiger partial charge in [0.15, 0.2) is 0 Å². The van der Waals surface area contributed by atoms with Gasteiger partial charge in [0.25, 0.3) is 0 Å². The zero-order valence-corrected chi connectivity index (χ0v) is 7.84. The van der Waals surface area contributed by atoms with Crippen LogP contribution in [0.1, 0.15) is 51.4 Å². The van der Waals surface area contributed by atoms with Gasteiger partial charge in [0.2, 0.25) is 0 Å². The Labute approximate surface area is 75.2 Å². The van der Waals surface area contributed by atoms with Crippen molar-refractivity contribution in [2.24, 2.45) is 11.8 Å². The third kappa shape index (κ3) is 1.66. The van der Waals surface area contributed by atoms with E-state index in [0.29, 0.717) is 5.92 Å². The summed E-state index contributed by atoms with van der Waals surface area (Å²) >= 11 is 0. The minimum Gasteiger partial charge on any atom is -0.393 e. The molecule has 0 aromatic carbocycles. The molecule has 0 aromatic rings. The van der Waals surface area contributed by atoms with E-state index in [1.165, 1.54) is 44.9 Å². The van der Waals surface area contributed by atoms with Crippen molar-refractivity contribution in [3.63, 3.8) is 0 Å². The number of aliphatic hydroxyl groups is 1. The van der Waals surface area contributed by atoms with Crippen LogP contribution in [0.25, 0.3) is 0 Å². The first-order valence-electron chi connectivity index (χ1n) is 5.56. The summed E-state index contributed by atoms with van der Waals surface area (Å²) in [5.41, 5.74) is 0. The Morgan fingerprint density at radius 1 is 0.750 bits per heavy atom. The zero-order valence-electron chi connectivity index (χ0n) is 7.84. The number of hydrogen-bond acceptors (Lipinski definition) is 1. The van der Waals surface area contributed by atoms with Gasteiger partial charge in [0.1, 0.15) is 0 Å². The topological polar surface area (TPSA) is 20.2 Å². The van der Waals surface area contributed by atoms with Gasteiger partial charge in [-0.05, 0) is 24.7 Å². The van der Waals surface area contributed by atoms with Crippen molar-refractivity contribution in [3.05, 3.63) is 0 Å². The second kappa shape index (κ2) is 3.78. The largest absolute Gasteiger partial charge is 0.393 e. The lowest BCUT2D eigenvalue weighted by atomic mass is 9.72. The molecule has 70 valence electrons. The molecule has 0 amide bonds. The minimum absolute atomic E-state index is 0.0396. The Hall–Kier alpha value is -0.0400. The molecule has 0 aromatic heterocycles. The highest BCUT2D eigenvalue weighted by Crippen LogP contribution is 2.40. The Morgan fingerprint density at radius 2 is 1.50 bits per heavy atom. The molecule has 2 rings (SSSR count). The highest BCUT2D eigenvalue weighted by Gasteiger charge is 2.32. The fraction of sp³-hybridized carbons (Fsp3) is 1.00. The monoisotopic (exact) mass is 168 g/mol. The van der Waals surface area contributed by atoms with Gasteiger partial charge in [-0.3, -0.25) is 0 Å². The van der Waals surface area contributed by atoms with Crippen molar-refractivity contribution >= 4 is 0 Å². The first kappa shape index (κ1) is 8.55. The molecule has 2 aliphatic carbocycles. The SMILES string of the molecule is O[C@@H]1CCCCC[C@H]1C1CCC1. The lowest BCUT2D eigenvalue weighted by Crippen LogP contribution is -2.31. The van der Waals surface area contributed by atoms with Gasteiger partial charge >= 0.3 is 0 Å². The minimum atomic E-state index is 0.0396. The van der Waals surface area contributed by atoms with Crippen LogP contribution in [0.3, 0.4) is 0 Å². The zero-order chi connectivity index (χ0) is 8.39. The summed E-state index contributed by atoms with van der Waals surface area (Å²) < 4.78 is 0. The van der Waals surface area contributed by atoms with Crippen LogP contribution < -0.4 is 0 Å². The van der Waals surface area contributed by atoms with Crippen LogP contribution in [-0.4, -0.2) is 11.2 Å². The third-order valence-electron chi connectivity index (χ3n) is 3.79. The smallest absolute Gasteiger partial charge is 0.0571 e. The van der Waals surface area contributed by atoms with Gasteiger partial charge in [-0.15, -0.1) is 0 Å². The van der Waals surface area contributed by atoms with Crippen LogP contribution >= 0.6 is 0 Å². The van der Waals surface area contributed by atoms with Crippen molar-refractivity contribution in [1.82, 2.24) is 0 Å². The van der Waals surface area contributed by atoms with Crippen LogP contribution in [0.15, 0.2) is 0 Å². The maximum Gasteiger partial charge on any atom is 0.0571 e. The van der Waals surface area contributed by atoms with E-state index in [1.54, 1.807) is 0 Å². The predicted molar refractivity (Wildman–Crippen MR) is 49.9 cm³/mol. The van der Waals surface area contributed by atoms with E-state index in [-0.39, 0.29) is 6.10 Å². The summed E-state index contributed by atoms with van der Waals surface area (Å²) in [6.07, 6.45) is 10.6. The lowest BCUT2D eigenvalue weighted by molar-refractivity contribution is 0.0385. The molecule has 2 aliphatic rings. The standard InChI is InChI=1S/C11H20O/c12-11-8-3-1-2-7-10(11)9-5-4-6-9/h9-12H,1-8H2/t10-,11+/m0/s1. The van der Waals surface area contributed by atoms with Crippen LogP contribution in [0.2, 0.25) is 0 Å². The van der Waals surface area contributed by atoms with E-state index in [0.717, 1.165) is 12.3 Å². The third-order valence-corrected chi connectivity index (χ3v) is 3.79. The Bertz CT molecular complexity index is 140. The lowest BCUT2D eigenvalue weighted by Gasteiger charge is -2.35. The molecule has 0 spiro atoms. The Kier molecular flexibility index (Phi) is 2.69.